The minimum atomic E-state index is -2.04. The normalized spacial score (nSPS) is 31.2. The number of amides is 1. The second-order valence-electron chi connectivity index (χ2n) is 17.4. The van der Waals surface area contributed by atoms with Crippen molar-refractivity contribution in [2.45, 2.75) is 124 Å². The first kappa shape index (κ1) is 44.7. The van der Waals surface area contributed by atoms with Crippen molar-refractivity contribution in [1.29, 1.82) is 0 Å². The Morgan fingerprint density at radius 1 is 0.868 bits per heavy atom. The Labute approximate surface area is 322 Å². The zero-order chi connectivity index (χ0) is 38.3. The number of rotatable bonds is 25. The van der Waals surface area contributed by atoms with Crippen LogP contribution < -0.4 is 5.32 Å². The molecule has 4 aliphatic carbocycles. The van der Waals surface area contributed by atoms with E-state index < -0.39 is 8.03 Å². The van der Waals surface area contributed by atoms with Crippen LogP contribution in [0.3, 0.4) is 0 Å². The molecule has 4 aliphatic rings. The molecule has 308 valence electrons. The molecule has 9 unspecified atom stereocenters. The van der Waals surface area contributed by atoms with E-state index in [2.05, 4.69) is 46.0 Å². The number of carbonyl (C=O) groups excluding carboxylic acids is 1. The molecule has 0 aliphatic heterocycles. The highest BCUT2D eigenvalue weighted by Gasteiger charge is 2.59. The van der Waals surface area contributed by atoms with Crippen LogP contribution in [-0.2, 0) is 37.5 Å². The molecule has 10 atom stereocenters. The molecule has 11 heteroatoms. The van der Waals surface area contributed by atoms with Crippen LogP contribution in [0.5, 0.6) is 0 Å². The standard InChI is InChI=1S/C42H76NO9P/c1-31(2)10-8-11-32(3)37-14-15-38-36-13-12-33-28-34(16-18-41(33,4)39(36)17-19-42(37,38)5)51-40(44)43-20-9-21-47-22-23-48-24-25-49-26-27-50-30-35(29-46-6)52-53(7)45/h12,31-32,34-39,53H,8-11,13-30H2,1-7H3,(H,43,44)/t32-,34?,35?,36?,37?,38?,39?,41?,42?/m1/s1. The molecule has 0 aromatic rings. The van der Waals surface area contributed by atoms with Crippen LogP contribution in [0, 0.1) is 46.3 Å². The van der Waals surface area contributed by atoms with Gasteiger partial charge >= 0.3 is 6.09 Å². The number of fused-ring (bicyclic) bond motifs is 5. The van der Waals surface area contributed by atoms with Crippen LogP contribution in [0.15, 0.2) is 11.6 Å². The number of hydrogen-bond donors (Lipinski definition) is 1. The number of nitrogens with one attached hydrogen (secondary N) is 1. The Bertz CT molecular complexity index is 1140. The van der Waals surface area contributed by atoms with Gasteiger partial charge in [-0.15, -0.1) is 0 Å². The van der Waals surface area contributed by atoms with Gasteiger partial charge in [-0.25, -0.2) is 4.79 Å². The Kier molecular flexibility index (Phi) is 19.1. The van der Waals surface area contributed by atoms with Gasteiger partial charge < -0.3 is 38.3 Å². The molecule has 0 aromatic carbocycles. The fraction of sp³-hybridized carbons (Fsp3) is 0.929. The SMILES string of the molecule is COCC(COCCOCCOCCOCCCNC(=O)OC1CCC2(C)C(=CCC3C2CCC2(C)C3CCC2[C@H](C)CCCC(C)C)C1)O[PH](C)=O. The third-order valence-electron chi connectivity index (χ3n) is 13.4. The molecule has 10 nitrogen and oxygen atoms in total. The summed E-state index contributed by atoms with van der Waals surface area (Å²) in [5, 5.41) is 2.93. The summed E-state index contributed by atoms with van der Waals surface area (Å²) in [6, 6.07) is 0. The van der Waals surface area contributed by atoms with Crippen molar-refractivity contribution >= 4 is 14.1 Å². The summed E-state index contributed by atoms with van der Waals surface area (Å²) in [6.07, 6.45) is 16.6. The third-order valence-corrected chi connectivity index (χ3v) is 14.0. The lowest BCUT2D eigenvalue weighted by molar-refractivity contribution is -0.0581. The number of alkyl carbamates (subject to hydrolysis) is 1. The Morgan fingerprint density at radius 2 is 1.57 bits per heavy atom. The molecule has 0 heterocycles. The third kappa shape index (κ3) is 13.3. The summed E-state index contributed by atoms with van der Waals surface area (Å²) in [6.45, 7) is 18.5. The summed E-state index contributed by atoms with van der Waals surface area (Å²) in [4.78, 5) is 12.7. The van der Waals surface area contributed by atoms with Gasteiger partial charge in [0.15, 0.2) is 8.03 Å². The van der Waals surface area contributed by atoms with Gasteiger partial charge in [0.25, 0.3) is 0 Å². The van der Waals surface area contributed by atoms with Gasteiger partial charge in [0.1, 0.15) is 12.2 Å². The number of carbonyl (C=O) groups is 1. The van der Waals surface area contributed by atoms with Gasteiger partial charge in [-0.05, 0) is 97.7 Å². The van der Waals surface area contributed by atoms with Crippen molar-refractivity contribution < 1.29 is 42.3 Å². The van der Waals surface area contributed by atoms with Gasteiger partial charge in [0.05, 0.1) is 52.9 Å². The second kappa shape index (κ2) is 22.7. The average Bonchev–Trinajstić information content (AvgIpc) is 3.47. The van der Waals surface area contributed by atoms with Gasteiger partial charge in [0.2, 0.25) is 0 Å². The summed E-state index contributed by atoms with van der Waals surface area (Å²) >= 11 is 0. The summed E-state index contributed by atoms with van der Waals surface area (Å²) in [7, 11) is -0.467. The van der Waals surface area contributed by atoms with Crippen LogP contribution >= 0.6 is 8.03 Å². The van der Waals surface area contributed by atoms with E-state index in [9.17, 15) is 9.36 Å². The van der Waals surface area contributed by atoms with Crippen molar-refractivity contribution in [3.63, 3.8) is 0 Å². The first-order valence-electron chi connectivity index (χ1n) is 21.1. The summed E-state index contributed by atoms with van der Waals surface area (Å²) in [5.41, 5.74) is 2.33. The lowest BCUT2D eigenvalue weighted by atomic mass is 9.47. The van der Waals surface area contributed by atoms with Crippen LogP contribution in [0.25, 0.3) is 0 Å². The Balaban J connectivity index is 1.03. The van der Waals surface area contributed by atoms with Crippen molar-refractivity contribution in [2.75, 3.05) is 79.8 Å². The molecule has 1 N–H and O–H groups in total. The monoisotopic (exact) mass is 770 g/mol. The highest BCUT2D eigenvalue weighted by Crippen LogP contribution is 2.67. The maximum Gasteiger partial charge on any atom is 0.407 e. The molecule has 1 amide bonds. The smallest absolute Gasteiger partial charge is 0.407 e. The summed E-state index contributed by atoms with van der Waals surface area (Å²) < 4.78 is 49.8. The number of methoxy groups -OCH3 is 1. The predicted octanol–water partition coefficient (Wildman–Crippen LogP) is 8.72. The van der Waals surface area contributed by atoms with Crippen molar-refractivity contribution in [1.82, 2.24) is 5.32 Å². The molecule has 0 spiro atoms. The van der Waals surface area contributed by atoms with E-state index in [4.69, 9.17) is 32.9 Å². The van der Waals surface area contributed by atoms with E-state index in [1.807, 2.05) is 0 Å². The topological polar surface area (TPSA) is 111 Å². The minimum absolute atomic E-state index is 0.0328. The lowest BCUT2D eigenvalue weighted by Crippen LogP contribution is -2.51. The van der Waals surface area contributed by atoms with Crippen LogP contribution in [0.1, 0.15) is 112 Å². The molecule has 0 saturated heterocycles. The second-order valence-corrected chi connectivity index (χ2v) is 18.7. The van der Waals surface area contributed by atoms with E-state index in [1.165, 1.54) is 51.4 Å². The van der Waals surface area contributed by atoms with Crippen molar-refractivity contribution in [3.8, 4) is 0 Å². The van der Waals surface area contributed by atoms with Crippen LogP contribution in [0.4, 0.5) is 4.79 Å². The van der Waals surface area contributed by atoms with E-state index in [0.29, 0.717) is 71.4 Å². The molecule has 0 bridgehead atoms. The molecule has 0 aromatic heterocycles. The van der Waals surface area contributed by atoms with Crippen LogP contribution in [-0.4, -0.2) is 98.1 Å². The molecule has 3 saturated carbocycles. The Morgan fingerprint density at radius 3 is 2.25 bits per heavy atom. The highest BCUT2D eigenvalue weighted by atomic mass is 31.1. The van der Waals surface area contributed by atoms with Gasteiger partial charge in [-0.1, -0.05) is 65.5 Å². The van der Waals surface area contributed by atoms with E-state index in [-0.39, 0.29) is 23.7 Å². The summed E-state index contributed by atoms with van der Waals surface area (Å²) in [5.74, 6) is 5.01. The van der Waals surface area contributed by atoms with Gasteiger partial charge in [-0.3, -0.25) is 4.57 Å². The minimum Gasteiger partial charge on any atom is -0.446 e. The molecule has 3 fully saturated rings. The molecule has 4 rings (SSSR count). The van der Waals surface area contributed by atoms with E-state index in [0.717, 1.165) is 61.2 Å². The Hall–Kier alpha value is -1.00. The molecular weight excluding hydrogens is 693 g/mol. The van der Waals surface area contributed by atoms with Crippen molar-refractivity contribution in [2.24, 2.45) is 46.3 Å². The molecule has 53 heavy (non-hydrogen) atoms. The molecule has 0 radical (unpaired) electrons. The average molecular weight is 770 g/mol. The maximum atomic E-state index is 12.7. The van der Waals surface area contributed by atoms with Gasteiger partial charge in [0, 0.05) is 33.3 Å². The fourth-order valence-corrected chi connectivity index (χ4v) is 11.3. The maximum absolute atomic E-state index is 12.7. The molecular formula is C42H76NO9P. The lowest BCUT2D eigenvalue weighted by Gasteiger charge is -2.58. The predicted molar refractivity (Wildman–Crippen MR) is 211 cm³/mol. The van der Waals surface area contributed by atoms with Crippen molar-refractivity contribution in [3.05, 3.63) is 11.6 Å². The van der Waals surface area contributed by atoms with E-state index >= 15 is 0 Å². The fourth-order valence-electron chi connectivity index (χ4n) is 10.7. The first-order chi connectivity index (χ1) is 25.5. The number of hydrogen-bond acceptors (Lipinski definition) is 9. The van der Waals surface area contributed by atoms with E-state index in [1.54, 1.807) is 19.3 Å². The quantitative estimate of drug-likeness (QED) is 0.0554. The zero-order valence-corrected chi connectivity index (χ0v) is 35.4. The largest absolute Gasteiger partial charge is 0.446 e. The number of allylic oxidation sites excluding steroid dienone is 1. The first-order valence-corrected chi connectivity index (χ1v) is 22.9. The van der Waals surface area contributed by atoms with Gasteiger partial charge in [-0.2, -0.15) is 0 Å². The number of ether oxygens (including phenoxy) is 6. The van der Waals surface area contributed by atoms with Crippen LogP contribution in [0.2, 0.25) is 0 Å². The zero-order valence-electron chi connectivity index (χ0n) is 34.4. The highest BCUT2D eigenvalue weighted by molar-refractivity contribution is 7.38.